The number of hydrogen-bond acceptors (Lipinski definition) is 1. The molecule has 0 saturated carbocycles. The van der Waals surface area contributed by atoms with Gasteiger partial charge in [0.25, 0.3) is 0 Å². The number of aryl methyl sites for hydroxylation is 3. The summed E-state index contributed by atoms with van der Waals surface area (Å²) < 4.78 is 1.87. The first kappa shape index (κ1) is 15.8. The molecule has 1 aromatic carbocycles. The quantitative estimate of drug-likeness (QED) is 0.658. The highest BCUT2D eigenvalue weighted by Crippen LogP contribution is 2.34. The zero-order valence-electron chi connectivity index (χ0n) is 11.9. The minimum Gasteiger partial charge on any atom is -0.276 e. The second-order valence-corrected chi connectivity index (χ2v) is 6.56. The Hall–Kier alpha value is -0.610. The molecule has 0 aliphatic rings. The van der Waals surface area contributed by atoms with Crippen LogP contribution < -0.4 is 0 Å². The minimum absolute atomic E-state index is 0.129. The largest absolute Gasteiger partial charge is 0.276 e. The fraction of sp³-hybridized carbons (Fsp3) is 0.438. The number of nitrogens with zero attached hydrogens (tertiary/aromatic N) is 2. The zero-order valence-corrected chi connectivity index (χ0v) is 15.1. The van der Waals surface area contributed by atoms with Gasteiger partial charge in [-0.05, 0) is 30.9 Å². The van der Waals surface area contributed by atoms with Crippen LogP contribution in [-0.4, -0.2) is 20.4 Å². The highest BCUT2D eigenvalue weighted by atomic mass is 79.9. The van der Waals surface area contributed by atoms with Gasteiger partial charge in [0, 0.05) is 29.3 Å². The van der Waals surface area contributed by atoms with E-state index in [-0.39, 0.29) is 5.41 Å². The van der Waals surface area contributed by atoms with Crippen molar-refractivity contribution in [2.45, 2.75) is 25.2 Å². The van der Waals surface area contributed by atoms with Crippen LogP contribution in [0.3, 0.4) is 0 Å². The summed E-state index contributed by atoms with van der Waals surface area (Å²) in [5.41, 5.74) is 4.12. The summed E-state index contributed by atoms with van der Waals surface area (Å²) in [5, 5.41) is 6.15. The summed E-state index contributed by atoms with van der Waals surface area (Å²) in [6.45, 7) is 2.13. The maximum Gasteiger partial charge on any atom is 0.0521 e. The maximum absolute atomic E-state index is 4.25. The molecule has 0 saturated heterocycles. The number of benzene rings is 1. The Bertz CT molecular complexity index is 542. The Balaban J connectivity index is 2.18. The molecule has 0 fully saturated rings. The van der Waals surface area contributed by atoms with Crippen molar-refractivity contribution in [3.8, 4) is 0 Å². The predicted octanol–water partition coefficient (Wildman–Crippen LogP) is 4.39. The lowest BCUT2D eigenvalue weighted by molar-refractivity contribution is 0.505. The van der Waals surface area contributed by atoms with Gasteiger partial charge >= 0.3 is 0 Å². The molecule has 0 radical (unpaired) electrons. The SMILES string of the molecule is Cc1ccc(C(CBr)(CBr)CCc2cnn(C)c2)cc1. The summed E-state index contributed by atoms with van der Waals surface area (Å²) in [4.78, 5) is 0. The molecule has 0 unspecified atom stereocenters. The summed E-state index contributed by atoms with van der Waals surface area (Å²) in [6, 6.07) is 8.89. The average molecular weight is 400 g/mol. The number of rotatable bonds is 6. The monoisotopic (exact) mass is 398 g/mol. The summed E-state index contributed by atoms with van der Waals surface area (Å²) >= 11 is 7.43. The van der Waals surface area contributed by atoms with Crippen LogP contribution in [0.5, 0.6) is 0 Å². The fourth-order valence-electron chi connectivity index (χ4n) is 2.36. The van der Waals surface area contributed by atoms with Crippen LogP contribution in [0.15, 0.2) is 36.7 Å². The first-order valence-corrected chi connectivity index (χ1v) is 9.00. The third-order valence-corrected chi connectivity index (χ3v) is 5.97. The van der Waals surface area contributed by atoms with Gasteiger partial charge in [-0.3, -0.25) is 4.68 Å². The number of halogens is 2. The van der Waals surface area contributed by atoms with Crippen molar-refractivity contribution in [2.24, 2.45) is 7.05 Å². The van der Waals surface area contributed by atoms with Gasteiger partial charge in [-0.2, -0.15) is 5.10 Å². The van der Waals surface area contributed by atoms with Crippen LogP contribution in [0, 0.1) is 6.92 Å². The predicted molar refractivity (Wildman–Crippen MR) is 92.0 cm³/mol. The Morgan fingerprint density at radius 2 is 1.80 bits per heavy atom. The van der Waals surface area contributed by atoms with E-state index in [1.807, 2.05) is 17.9 Å². The second-order valence-electron chi connectivity index (χ2n) is 5.44. The van der Waals surface area contributed by atoms with E-state index >= 15 is 0 Å². The standard InChI is InChI=1S/C16H20Br2N2/c1-13-3-5-15(6-4-13)16(11-17,12-18)8-7-14-9-19-20(2)10-14/h3-6,9-10H,7-8,11-12H2,1-2H3. The molecular weight excluding hydrogens is 380 g/mol. The molecule has 0 N–H and O–H groups in total. The molecule has 2 nitrogen and oxygen atoms in total. The van der Waals surface area contributed by atoms with Gasteiger partial charge in [0.05, 0.1) is 6.20 Å². The van der Waals surface area contributed by atoms with E-state index in [0.29, 0.717) is 0 Å². The van der Waals surface area contributed by atoms with E-state index < -0.39 is 0 Å². The van der Waals surface area contributed by atoms with Crippen molar-refractivity contribution in [1.82, 2.24) is 9.78 Å². The molecule has 1 aromatic heterocycles. The highest BCUT2D eigenvalue weighted by Gasteiger charge is 2.29. The highest BCUT2D eigenvalue weighted by molar-refractivity contribution is 9.09. The lowest BCUT2D eigenvalue weighted by Crippen LogP contribution is -2.31. The third kappa shape index (κ3) is 3.53. The van der Waals surface area contributed by atoms with Crippen LogP contribution in [0.2, 0.25) is 0 Å². The smallest absolute Gasteiger partial charge is 0.0521 e. The van der Waals surface area contributed by atoms with Crippen molar-refractivity contribution in [2.75, 3.05) is 10.7 Å². The van der Waals surface area contributed by atoms with Crippen molar-refractivity contribution in [3.63, 3.8) is 0 Å². The van der Waals surface area contributed by atoms with Crippen molar-refractivity contribution in [1.29, 1.82) is 0 Å². The Morgan fingerprint density at radius 3 is 2.30 bits per heavy atom. The molecule has 0 aliphatic carbocycles. The molecule has 0 atom stereocenters. The van der Waals surface area contributed by atoms with E-state index in [9.17, 15) is 0 Å². The molecule has 2 rings (SSSR count). The first-order chi connectivity index (χ1) is 9.59. The average Bonchev–Trinajstić information content (AvgIpc) is 2.88. The second kappa shape index (κ2) is 6.90. The van der Waals surface area contributed by atoms with Crippen LogP contribution >= 0.6 is 31.9 Å². The molecular formula is C16H20Br2N2. The molecule has 108 valence electrons. The van der Waals surface area contributed by atoms with Gasteiger partial charge in [-0.25, -0.2) is 0 Å². The van der Waals surface area contributed by atoms with Crippen LogP contribution in [0.4, 0.5) is 0 Å². The third-order valence-electron chi connectivity index (χ3n) is 3.83. The van der Waals surface area contributed by atoms with Crippen molar-refractivity contribution in [3.05, 3.63) is 53.3 Å². The lowest BCUT2D eigenvalue weighted by atomic mass is 9.79. The number of aromatic nitrogens is 2. The molecule has 1 heterocycles. The molecule has 0 aliphatic heterocycles. The summed E-state index contributed by atoms with van der Waals surface area (Å²) in [6.07, 6.45) is 6.20. The normalized spacial score (nSPS) is 11.8. The topological polar surface area (TPSA) is 17.8 Å². The van der Waals surface area contributed by atoms with E-state index in [1.165, 1.54) is 16.7 Å². The van der Waals surface area contributed by atoms with Gasteiger partial charge < -0.3 is 0 Å². The molecule has 4 heteroatoms. The van der Waals surface area contributed by atoms with E-state index in [1.54, 1.807) is 0 Å². The van der Waals surface area contributed by atoms with E-state index in [2.05, 4.69) is 74.3 Å². The zero-order chi connectivity index (χ0) is 14.6. The van der Waals surface area contributed by atoms with Crippen LogP contribution in [0.1, 0.15) is 23.1 Å². The van der Waals surface area contributed by atoms with E-state index in [0.717, 1.165) is 23.5 Å². The van der Waals surface area contributed by atoms with Crippen molar-refractivity contribution < 1.29 is 0 Å². The molecule has 20 heavy (non-hydrogen) atoms. The molecule has 0 amide bonds. The Kier molecular flexibility index (Phi) is 5.44. The summed E-state index contributed by atoms with van der Waals surface area (Å²) in [7, 11) is 1.96. The maximum atomic E-state index is 4.25. The van der Waals surface area contributed by atoms with Crippen LogP contribution in [-0.2, 0) is 18.9 Å². The molecule has 0 bridgehead atoms. The number of hydrogen-bond donors (Lipinski definition) is 0. The van der Waals surface area contributed by atoms with Gasteiger partial charge in [-0.15, -0.1) is 0 Å². The lowest BCUT2D eigenvalue weighted by Gasteiger charge is -2.31. The Morgan fingerprint density at radius 1 is 1.15 bits per heavy atom. The van der Waals surface area contributed by atoms with E-state index in [4.69, 9.17) is 0 Å². The van der Waals surface area contributed by atoms with Gasteiger partial charge in [0.1, 0.15) is 0 Å². The fourth-order valence-corrected chi connectivity index (χ4v) is 4.50. The van der Waals surface area contributed by atoms with Gasteiger partial charge in [0.15, 0.2) is 0 Å². The first-order valence-electron chi connectivity index (χ1n) is 6.76. The number of alkyl halides is 2. The van der Waals surface area contributed by atoms with Crippen LogP contribution in [0.25, 0.3) is 0 Å². The molecule has 2 aromatic rings. The molecule has 0 spiro atoms. The minimum atomic E-state index is 0.129. The van der Waals surface area contributed by atoms with Gasteiger partial charge in [0.2, 0.25) is 0 Å². The van der Waals surface area contributed by atoms with Crippen molar-refractivity contribution >= 4 is 31.9 Å². The van der Waals surface area contributed by atoms with Gasteiger partial charge in [-0.1, -0.05) is 61.7 Å². The summed E-state index contributed by atoms with van der Waals surface area (Å²) in [5.74, 6) is 0. The Labute approximate surface area is 137 Å².